The normalized spacial score (nSPS) is 17.0. The van der Waals surface area contributed by atoms with E-state index >= 15 is 0 Å². The van der Waals surface area contributed by atoms with Crippen LogP contribution in [0.3, 0.4) is 0 Å². The minimum atomic E-state index is -1.35. The number of imidazole rings is 1. The fourth-order valence-corrected chi connectivity index (χ4v) is 3.98. The van der Waals surface area contributed by atoms with Gasteiger partial charge in [-0.15, -0.1) is 0 Å². The molecule has 0 radical (unpaired) electrons. The molecule has 6 nitrogen and oxygen atoms in total. The van der Waals surface area contributed by atoms with E-state index in [1.165, 1.54) is 4.90 Å². The fourth-order valence-electron chi connectivity index (χ4n) is 3.61. The Hall–Kier alpha value is -2.59. The number of morpholine rings is 1. The van der Waals surface area contributed by atoms with Crippen LogP contribution in [-0.2, 0) is 11.2 Å². The standard InChI is InChI=1S/C20H17BrF3N3O3/c1-10-2-3-27-14(7-11-9-26(20(28)29)4-5-30-11)19(25-15(27)6-10)16-13(22)8-12(21)17(23)18(16)24/h2-3,6,8,11H,4-5,7,9H2,1H3,(H,28,29). The SMILES string of the molecule is Cc1ccn2c(CC3CN(C(=O)O)CCO3)c(-c3c(F)cc(Br)c(F)c3F)nc2c1. The van der Waals surface area contributed by atoms with Crippen molar-refractivity contribution in [2.45, 2.75) is 19.4 Å². The Balaban J connectivity index is 1.85. The summed E-state index contributed by atoms with van der Waals surface area (Å²) in [4.78, 5) is 16.9. The van der Waals surface area contributed by atoms with Crippen LogP contribution < -0.4 is 0 Å². The number of rotatable bonds is 3. The zero-order valence-electron chi connectivity index (χ0n) is 15.8. The molecule has 30 heavy (non-hydrogen) atoms. The van der Waals surface area contributed by atoms with Gasteiger partial charge in [-0.2, -0.15) is 0 Å². The van der Waals surface area contributed by atoms with Crippen LogP contribution in [0.5, 0.6) is 0 Å². The summed E-state index contributed by atoms with van der Waals surface area (Å²) in [7, 11) is 0. The molecule has 1 amide bonds. The number of carboxylic acid groups (broad SMARTS) is 1. The molecule has 1 atom stereocenters. The van der Waals surface area contributed by atoms with E-state index in [9.17, 15) is 23.1 Å². The Kier molecular flexibility index (Phi) is 5.46. The van der Waals surface area contributed by atoms with Crippen LogP contribution >= 0.6 is 15.9 Å². The number of hydrogen-bond acceptors (Lipinski definition) is 3. The summed E-state index contributed by atoms with van der Waals surface area (Å²) in [6.07, 6.45) is 0.241. The van der Waals surface area contributed by atoms with Gasteiger partial charge in [-0.3, -0.25) is 0 Å². The molecule has 4 rings (SSSR count). The number of aromatic nitrogens is 2. The molecule has 0 aliphatic carbocycles. The minimum absolute atomic E-state index is 0.0435. The van der Waals surface area contributed by atoms with Crippen molar-refractivity contribution in [3.8, 4) is 11.3 Å². The van der Waals surface area contributed by atoms with Crippen LogP contribution in [0.2, 0.25) is 0 Å². The summed E-state index contributed by atoms with van der Waals surface area (Å²) in [6.45, 7) is 2.40. The molecular formula is C20H17BrF3N3O3. The largest absolute Gasteiger partial charge is 0.465 e. The highest BCUT2D eigenvalue weighted by Gasteiger charge is 2.29. The second-order valence-corrected chi connectivity index (χ2v) is 7.96. The van der Waals surface area contributed by atoms with Crippen molar-refractivity contribution < 1.29 is 27.8 Å². The predicted octanol–water partition coefficient (Wildman–Crippen LogP) is 4.41. The van der Waals surface area contributed by atoms with Crippen molar-refractivity contribution in [1.82, 2.24) is 14.3 Å². The molecule has 2 aromatic heterocycles. The lowest BCUT2D eigenvalue weighted by molar-refractivity contribution is -0.0214. The summed E-state index contributed by atoms with van der Waals surface area (Å²) >= 11 is 2.80. The molecule has 0 bridgehead atoms. The summed E-state index contributed by atoms with van der Waals surface area (Å²) in [5.74, 6) is -3.52. The molecule has 1 aliphatic rings. The molecule has 1 aromatic carbocycles. The molecule has 1 saturated heterocycles. The maximum absolute atomic E-state index is 14.7. The molecule has 3 aromatic rings. The van der Waals surface area contributed by atoms with Crippen molar-refractivity contribution in [2.75, 3.05) is 19.7 Å². The molecule has 1 N–H and O–H groups in total. The van der Waals surface area contributed by atoms with Crippen molar-refractivity contribution in [1.29, 1.82) is 0 Å². The molecule has 1 aliphatic heterocycles. The Morgan fingerprint density at radius 1 is 1.33 bits per heavy atom. The average Bonchev–Trinajstić information content (AvgIpc) is 3.03. The number of fused-ring (bicyclic) bond motifs is 1. The molecule has 10 heteroatoms. The third-order valence-corrected chi connectivity index (χ3v) is 5.64. The van der Waals surface area contributed by atoms with E-state index in [0.717, 1.165) is 11.6 Å². The van der Waals surface area contributed by atoms with Gasteiger partial charge in [-0.25, -0.2) is 22.9 Å². The van der Waals surface area contributed by atoms with Crippen LogP contribution in [-0.4, -0.2) is 51.3 Å². The van der Waals surface area contributed by atoms with Crippen LogP contribution in [0.25, 0.3) is 16.9 Å². The number of nitrogens with zero attached hydrogens (tertiary/aromatic N) is 3. The summed E-state index contributed by atoms with van der Waals surface area (Å²) < 4.78 is 50.6. The quantitative estimate of drug-likeness (QED) is 0.442. The van der Waals surface area contributed by atoms with Gasteiger partial charge in [0.15, 0.2) is 11.6 Å². The van der Waals surface area contributed by atoms with Gasteiger partial charge < -0.3 is 19.1 Å². The van der Waals surface area contributed by atoms with Gasteiger partial charge in [0.2, 0.25) is 0 Å². The monoisotopic (exact) mass is 483 g/mol. The Morgan fingerprint density at radius 2 is 2.10 bits per heavy atom. The third kappa shape index (κ3) is 3.65. The maximum Gasteiger partial charge on any atom is 0.407 e. The van der Waals surface area contributed by atoms with Gasteiger partial charge >= 0.3 is 6.09 Å². The van der Waals surface area contributed by atoms with E-state index in [0.29, 0.717) is 11.3 Å². The van der Waals surface area contributed by atoms with Crippen molar-refractivity contribution in [3.63, 3.8) is 0 Å². The zero-order valence-corrected chi connectivity index (χ0v) is 17.4. The summed E-state index contributed by atoms with van der Waals surface area (Å²) in [5, 5.41) is 9.25. The van der Waals surface area contributed by atoms with E-state index in [-0.39, 0.29) is 36.3 Å². The molecule has 3 heterocycles. The number of aryl methyl sites for hydroxylation is 1. The zero-order chi connectivity index (χ0) is 21.6. The second-order valence-electron chi connectivity index (χ2n) is 7.11. The Labute approximate surface area is 178 Å². The molecular weight excluding hydrogens is 467 g/mol. The van der Waals surface area contributed by atoms with Gasteiger partial charge in [0.05, 0.1) is 40.7 Å². The maximum atomic E-state index is 14.7. The smallest absolute Gasteiger partial charge is 0.407 e. The summed E-state index contributed by atoms with van der Waals surface area (Å²) in [5.41, 5.74) is 1.12. The lowest BCUT2D eigenvalue weighted by atomic mass is 10.0. The van der Waals surface area contributed by atoms with E-state index in [4.69, 9.17) is 4.74 Å². The molecule has 0 saturated carbocycles. The number of benzene rings is 1. The number of ether oxygens (including phenoxy) is 1. The minimum Gasteiger partial charge on any atom is -0.465 e. The number of pyridine rings is 1. The topological polar surface area (TPSA) is 67.1 Å². The first-order valence-electron chi connectivity index (χ1n) is 9.16. The predicted molar refractivity (Wildman–Crippen MR) is 106 cm³/mol. The van der Waals surface area contributed by atoms with Gasteiger partial charge in [-0.1, -0.05) is 0 Å². The van der Waals surface area contributed by atoms with E-state index in [2.05, 4.69) is 20.9 Å². The van der Waals surface area contributed by atoms with Crippen LogP contribution in [0, 0.1) is 24.4 Å². The Bertz CT molecular complexity index is 1150. The number of hydrogen-bond donors (Lipinski definition) is 1. The molecule has 1 fully saturated rings. The van der Waals surface area contributed by atoms with Crippen molar-refractivity contribution in [2.24, 2.45) is 0 Å². The molecule has 1 unspecified atom stereocenters. The van der Waals surface area contributed by atoms with Crippen LogP contribution in [0.4, 0.5) is 18.0 Å². The molecule has 158 valence electrons. The third-order valence-electron chi connectivity index (χ3n) is 5.06. The van der Waals surface area contributed by atoms with Gasteiger partial charge in [0.1, 0.15) is 11.5 Å². The first-order valence-corrected chi connectivity index (χ1v) is 9.96. The highest BCUT2D eigenvalue weighted by atomic mass is 79.9. The first kappa shape index (κ1) is 20.7. The lowest BCUT2D eigenvalue weighted by Gasteiger charge is -2.31. The van der Waals surface area contributed by atoms with Gasteiger partial charge in [-0.05, 0) is 46.6 Å². The van der Waals surface area contributed by atoms with Crippen LogP contribution in [0.15, 0.2) is 28.9 Å². The second kappa shape index (κ2) is 7.92. The molecule has 0 spiro atoms. The lowest BCUT2D eigenvalue weighted by Crippen LogP contribution is -2.45. The number of amides is 1. The average molecular weight is 484 g/mol. The van der Waals surface area contributed by atoms with Crippen molar-refractivity contribution in [3.05, 3.63) is 57.6 Å². The van der Waals surface area contributed by atoms with Crippen LogP contribution in [0.1, 0.15) is 11.3 Å². The van der Waals surface area contributed by atoms with E-state index < -0.39 is 35.2 Å². The first-order chi connectivity index (χ1) is 14.3. The van der Waals surface area contributed by atoms with E-state index in [1.807, 2.05) is 13.0 Å². The fraction of sp³-hybridized carbons (Fsp3) is 0.300. The van der Waals surface area contributed by atoms with Gasteiger partial charge in [0, 0.05) is 19.2 Å². The van der Waals surface area contributed by atoms with Gasteiger partial charge in [0.25, 0.3) is 0 Å². The number of carbonyl (C=O) groups is 1. The highest BCUT2D eigenvalue weighted by molar-refractivity contribution is 9.10. The number of halogens is 4. The highest BCUT2D eigenvalue weighted by Crippen LogP contribution is 2.34. The van der Waals surface area contributed by atoms with Crippen molar-refractivity contribution >= 4 is 27.7 Å². The van der Waals surface area contributed by atoms with E-state index in [1.54, 1.807) is 16.7 Å². The summed E-state index contributed by atoms with van der Waals surface area (Å²) in [6, 6.07) is 4.40. The Morgan fingerprint density at radius 3 is 2.83 bits per heavy atom.